The van der Waals surface area contributed by atoms with Crippen molar-refractivity contribution >= 4 is 0 Å². The van der Waals surface area contributed by atoms with Gasteiger partial charge in [-0.3, -0.25) is 0 Å². The number of benzene rings is 2. The van der Waals surface area contributed by atoms with Crippen LogP contribution >= 0.6 is 0 Å². The summed E-state index contributed by atoms with van der Waals surface area (Å²) in [6, 6.07) is 9.51. The second-order valence-corrected chi connectivity index (χ2v) is 9.12. The highest BCUT2D eigenvalue weighted by Gasteiger charge is 2.32. The molecule has 0 bridgehead atoms. The lowest BCUT2D eigenvalue weighted by molar-refractivity contribution is -0.274. The number of hydrogen-bond donors (Lipinski definition) is 2. The number of halogens is 3. The molecule has 0 unspecified atom stereocenters. The Balaban J connectivity index is 1.95. The molecule has 3 rings (SSSR count). The first-order valence-electron chi connectivity index (χ1n) is 9.84. The molecule has 0 heterocycles. The van der Waals surface area contributed by atoms with Crippen LogP contribution in [0.15, 0.2) is 36.4 Å². The molecule has 0 atom stereocenters. The van der Waals surface area contributed by atoms with Crippen LogP contribution in [-0.2, 0) is 12.0 Å². The van der Waals surface area contributed by atoms with Crippen molar-refractivity contribution in [2.24, 2.45) is 0 Å². The van der Waals surface area contributed by atoms with Gasteiger partial charge in [0.15, 0.2) is 0 Å². The first kappa shape index (κ1) is 21.5. The van der Waals surface area contributed by atoms with Gasteiger partial charge < -0.3 is 15.2 Å². The molecule has 0 aromatic heterocycles. The zero-order chi connectivity index (χ0) is 21.4. The number of rotatable bonds is 5. The Bertz CT molecular complexity index is 863. The zero-order valence-corrected chi connectivity index (χ0v) is 17.3. The summed E-state index contributed by atoms with van der Waals surface area (Å²) in [7, 11) is 0. The highest BCUT2D eigenvalue weighted by molar-refractivity contribution is 5.73. The summed E-state index contributed by atoms with van der Waals surface area (Å²) < 4.78 is 41.2. The normalized spacial score (nSPS) is 16.4. The lowest BCUT2D eigenvalue weighted by Gasteiger charge is -2.39. The molecule has 3 nitrogen and oxygen atoms in total. The van der Waals surface area contributed by atoms with Crippen molar-refractivity contribution in [2.75, 3.05) is 0 Å². The van der Waals surface area contributed by atoms with Crippen molar-refractivity contribution in [2.45, 2.75) is 70.8 Å². The minimum absolute atomic E-state index is 0.0981. The molecule has 0 amide bonds. The minimum Gasteiger partial charge on any atom is -0.507 e. The maximum atomic E-state index is 12.4. The Morgan fingerprint density at radius 2 is 1.69 bits per heavy atom. The van der Waals surface area contributed by atoms with Gasteiger partial charge in [0.25, 0.3) is 0 Å². The number of alkyl halides is 3. The van der Waals surface area contributed by atoms with Gasteiger partial charge in [0.2, 0.25) is 0 Å². The minimum atomic E-state index is -4.73. The van der Waals surface area contributed by atoms with E-state index in [1.165, 1.54) is 30.7 Å². The van der Waals surface area contributed by atoms with Gasteiger partial charge in [0.1, 0.15) is 11.5 Å². The molecular weight excluding hydrogens is 379 g/mol. The lowest BCUT2D eigenvalue weighted by Crippen LogP contribution is -2.47. The Morgan fingerprint density at radius 1 is 1.07 bits per heavy atom. The van der Waals surface area contributed by atoms with Crippen molar-refractivity contribution in [3.05, 3.63) is 47.5 Å². The van der Waals surface area contributed by atoms with Crippen molar-refractivity contribution in [3.8, 4) is 22.6 Å². The number of phenols is 1. The van der Waals surface area contributed by atoms with Crippen LogP contribution in [0.25, 0.3) is 11.1 Å². The summed E-state index contributed by atoms with van der Waals surface area (Å²) in [4.78, 5) is 0. The molecule has 29 heavy (non-hydrogen) atoms. The zero-order valence-electron chi connectivity index (χ0n) is 17.3. The standard InChI is InChI=1S/C23H28F3NO2/c1-21(2,3)17-12-16(14-27-22(4)10-5-11-22)20(28)19(13-17)15-6-8-18(9-7-15)29-23(24,25)26/h6-9,12-13,27-28H,5,10-11,14H2,1-4H3. The van der Waals surface area contributed by atoms with Crippen molar-refractivity contribution in [3.63, 3.8) is 0 Å². The van der Waals surface area contributed by atoms with E-state index in [-0.39, 0.29) is 22.5 Å². The Kier molecular flexibility index (Phi) is 5.60. The van der Waals surface area contributed by atoms with Gasteiger partial charge in [-0.05, 0) is 60.9 Å². The number of aromatic hydroxyl groups is 1. The van der Waals surface area contributed by atoms with E-state index in [0.717, 1.165) is 24.0 Å². The summed E-state index contributed by atoms with van der Waals surface area (Å²) >= 11 is 0. The molecule has 158 valence electrons. The molecular formula is C23H28F3NO2. The largest absolute Gasteiger partial charge is 0.573 e. The average molecular weight is 407 g/mol. The molecule has 1 fully saturated rings. The molecule has 1 aliphatic carbocycles. The van der Waals surface area contributed by atoms with Gasteiger partial charge in [-0.1, -0.05) is 39.0 Å². The molecule has 0 saturated heterocycles. The van der Waals surface area contributed by atoms with Gasteiger partial charge in [0.05, 0.1) is 0 Å². The first-order chi connectivity index (χ1) is 13.4. The van der Waals surface area contributed by atoms with E-state index in [4.69, 9.17) is 0 Å². The van der Waals surface area contributed by atoms with E-state index in [1.54, 1.807) is 0 Å². The molecule has 2 N–H and O–H groups in total. The van der Waals surface area contributed by atoms with Crippen molar-refractivity contribution in [1.29, 1.82) is 0 Å². The second-order valence-electron chi connectivity index (χ2n) is 9.12. The predicted octanol–water partition coefficient (Wildman–Crippen LogP) is 6.29. The predicted molar refractivity (Wildman–Crippen MR) is 108 cm³/mol. The van der Waals surface area contributed by atoms with E-state index in [9.17, 15) is 18.3 Å². The van der Waals surface area contributed by atoms with E-state index in [0.29, 0.717) is 17.7 Å². The molecule has 1 saturated carbocycles. The highest BCUT2D eigenvalue weighted by Crippen LogP contribution is 2.39. The second kappa shape index (κ2) is 7.56. The average Bonchev–Trinajstić information content (AvgIpc) is 2.57. The number of nitrogens with one attached hydrogen (secondary N) is 1. The van der Waals surface area contributed by atoms with Crippen LogP contribution in [0.3, 0.4) is 0 Å². The first-order valence-corrected chi connectivity index (χ1v) is 9.84. The van der Waals surface area contributed by atoms with Gasteiger partial charge in [-0.15, -0.1) is 13.2 Å². The third kappa shape index (κ3) is 5.24. The molecule has 0 radical (unpaired) electrons. The quantitative estimate of drug-likeness (QED) is 0.612. The summed E-state index contributed by atoms with van der Waals surface area (Å²) in [5.74, 6) is -0.134. The molecule has 6 heteroatoms. The number of phenolic OH excluding ortho intramolecular Hbond substituents is 1. The number of hydrogen-bond acceptors (Lipinski definition) is 3. The van der Waals surface area contributed by atoms with Crippen LogP contribution in [0.2, 0.25) is 0 Å². The summed E-state index contributed by atoms with van der Waals surface area (Å²) in [6.45, 7) is 8.99. The monoisotopic (exact) mass is 407 g/mol. The van der Waals surface area contributed by atoms with Crippen LogP contribution in [0.5, 0.6) is 11.5 Å². The smallest absolute Gasteiger partial charge is 0.507 e. The van der Waals surface area contributed by atoms with E-state index in [2.05, 4.69) is 37.7 Å². The third-order valence-electron chi connectivity index (χ3n) is 5.62. The molecule has 2 aromatic carbocycles. The molecule has 1 aliphatic rings. The maximum Gasteiger partial charge on any atom is 0.573 e. The summed E-state index contributed by atoms with van der Waals surface area (Å²) in [6.07, 6.45) is -1.30. The maximum absolute atomic E-state index is 12.4. The highest BCUT2D eigenvalue weighted by atomic mass is 19.4. The van der Waals surface area contributed by atoms with Gasteiger partial charge >= 0.3 is 6.36 Å². The number of ether oxygens (including phenoxy) is 1. The lowest BCUT2D eigenvalue weighted by atomic mass is 9.78. The van der Waals surface area contributed by atoms with Crippen LogP contribution < -0.4 is 10.1 Å². The SMILES string of the molecule is CC1(NCc2cc(C(C)(C)C)cc(-c3ccc(OC(F)(F)F)cc3)c2O)CCC1. The van der Waals surface area contributed by atoms with E-state index >= 15 is 0 Å². The Hall–Kier alpha value is -2.21. The molecule has 0 spiro atoms. The van der Waals surface area contributed by atoms with Crippen LogP contribution in [-0.4, -0.2) is 17.0 Å². The van der Waals surface area contributed by atoms with Crippen molar-refractivity contribution in [1.82, 2.24) is 5.32 Å². The third-order valence-corrected chi connectivity index (χ3v) is 5.62. The van der Waals surface area contributed by atoms with Gasteiger partial charge in [-0.25, -0.2) is 0 Å². The fraction of sp³-hybridized carbons (Fsp3) is 0.478. The summed E-state index contributed by atoms with van der Waals surface area (Å²) in [5, 5.41) is 14.5. The van der Waals surface area contributed by atoms with E-state index < -0.39 is 6.36 Å². The summed E-state index contributed by atoms with van der Waals surface area (Å²) in [5.41, 5.74) is 3.04. The van der Waals surface area contributed by atoms with Crippen molar-refractivity contribution < 1.29 is 23.0 Å². The Morgan fingerprint density at radius 3 is 2.17 bits per heavy atom. The topological polar surface area (TPSA) is 41.5 Å². The fourth-order valence-corrected chi connectivity index (χ4v) is 3.51. The van der Waals surface area contributed by atoms with Crippen LogP contribution in [0.4, 0.5) is 13.2 Å². The van der Waals surface area contributed by atoms with Crippen LogP contribution in [0.1, 0.15) is 58.1 Å². The molecule has 0 aliphatic heterocycles. The molecule has 2 aromatic rings. The Labute approximate surface area is 169 Å². The van der Waals surface area contributed by atoms with Gasteiger partial charge in [0, 0.05) is 23.2 Å². The van der Waals surface area contributed by atoms with Gasteiger partial charge in [-0.2, -0.15) is 0 Å². The van der Waals surface area contributed by atoms with Crippen LogP contribution in [0, 0.1) is 0 Å². The fourth-order valence-electron chi connectivity index (χ4n) is 3.51. The van der Waals surface area contributed by atoms with E-state index in [1.807, 2.05) is 12.1 Å².